The summed E-state index contributed by atoms with van der Waals surface area (Å²) in [6.45, 7) is -0.0571. The second kappa shape index (κ2) is 14.3. The first-order valence-corrected chi connectivity index (χ1v) is 13.4. The second-order valence-electron chi connectivity index (χ2n) is 8.00. The molecule has 0 heterocycles. The van der Waals surface area contributed by atoms with Crippen molar-refractivity contribution >= 4 is 37.1 Å². The minimum atomic E-state index is -5.40. The predicted octanol–water partition coefficient (Wildman–Crippen LogP) is -3.46. The van der Waals surface area contributed by atoms with Crippen LogP contribution in [0.1, 0.15) is 11.1 Å². The number of hydrogen-bond acceptors (Lipinski definition) is 10. The molecule has 14 heteroatoms. The van der Waals surface area contributed by atoms with Crippen LogP contribution < -0.4 is 59.1 Å². The first-order valence-electron chi connectivity index (χ1n) is 10.7. The van der Waals surface area contributed by atoms with Crippen LogP contribution in [-0.2, 0) is 45.2 Å². The number of fused-ring (bicyclic) bond motifs is 1. The Bertz CT molecular complexity index is 1460. The fraction of sp³-hybridized carbons (Fsp3) is 0.250. The van der Waals surface area contributed by atoms with Gasteiger partial charge in [-0.3, -0.25) is 8.37 Å². The average Bonchev–Trinajstić information content (AvgIpc) is 2.83. The summed E-state index contributed by atoms with van der Waals surface area (Å²) >= 11 is 0. The Morgan fingerprint density at radius 1 is 0.763 bits per heavy atom. The third-order valence-electron chi connectivity index (χ3n) is 5.70. The fourth-order valence-electron chi connectivity index (χ4n) is 4.26. The maximum Gasteiger partial charge on any atom is 1.00 e. The maximum absolute atomic E-state index is 11.7. The summed E-state index contributed by atoms with van der Waals surface area (Å²) in [4.78, 5) is 0. The van der Waals surface area contributed by atoms with E-state index in [0.29, 0.717) is 16.5 Å². The minimum Gasteiger partial charge on any atom is -0.726 e. The Morgan fingerprint density at radius 2 is 1.37 bits per heavy atom. The van der Waals surface area contributed by atoms with Crippen LogP contribution >= 0.6 is 0 Å². The minimum absolute atomic E-state index is 0. The predicted molar refractivity (Wildman–Crippen MR) is 127 cm³/mol. The zero-order chi connectivity index (χ0) is 25.9. The summed E-state index contributed by atoms with van der Waals surface area (Å²) in [5, 5.41) is 1.44. The number of methoxy groups -OCH3 is 1. The molecule has 4 atom stereocenters. The molecule has 0 fully saturated rings. The molecule has 1 aliphatic carbocycles. The van der Waals surface area contributed by atoms with Gasteiger partial charge in [-0.15, -0.1) is 0 Å². The van der Waals surface area contributed by atoms with Crippen molar-refractivity contribution in [3.63, 3.8) is 0 Å². The average molecular weight is 581 g/mol. The van der Waals surface area contributed by atoms with Gasteiger partial charge >= 0.3 is 59.1 Å². The van der Waals surface area contributed by atoms with E-state index in [1.54, 1.807) is 60.7 Å². The summed E-state index contributed by atoms with van der Waals surface area (Å²) in [6, 6.07) is 21.1. The van der Waals surface area contributed by atoms with E-state index >= 15 is 0 Å². The smallest absolute Gasteiger partial charge is 0.726 e. The van der Waals surface area contributed by atoms with E-state index in [1.165, 1.54) is 13.2 Å². The summed E-state index contributed by atoms with van der Waals surface area (Å²) in [7, 11) is -9.45. The van der Waals surface area contributed by atoms with Gasteiger partial charge < -0.3 is 18.6 Å². The molecule has 38 heavy (non-hydrogen) atoms. The summed E-state index contributed by atoms with van der Waals surface area (Å²) in [6.07, 6.45) is -4.53. The number of hydrogen-bond donors (Lipinski definition) is 0. The molecule has 0 aromatic heterocycles. The van der Waals surface area contributed by atoms with Gasteiger partial charge in [-0.05, 0) is 33.5 Å². The molecule has 1 aliphatic rings. The molecule has 192 valence electrons. The molecular formula is C24H22Na2O10S2. The molecule has 3 aromatic rings. The van der Waals surface area contributed by atoms with Crippen molar-refractivity contribution in [2.24, 2.45) is 0 Å². The molecule has 0 bridgehead atoms. The van der Waals surface area contributed by atoms with E-state index < -0.39 is 45.2 Å². The molecule has 0 N–H and O–H groups in total. The van der Waals surface area contributed by atoms with Gasteiger partial charge in [-0.1, -0.05) is 72.8 Å². The quantitative estimate of drug-likeness (QED) is 0.142. The van der Waals surface area contributed by atoms with Crippen molar-refractivity contribution in [2.75, 3.05) is 7.11 Å². The van der Waals surface area contributed by atoms with Gasteiger partial charge in [0.1, 0.15) is 24.4 Å². The molecule has 0 unspecified atom stereocenters. The normalized spacial score (nSPS) is 21.7. The van der Waals surface area contributed by atoms with Gasteiger partial charge in [0.25, 0.3) is 0 Å². The van der Waals surface area contributed by atoms with E-state index in [1.807, 2.05) is 12.1 Å². The topological polar surface area (TPSA) is 151 Å². The molecule has 10 nitrogen and oxygen atoms in total. The zero-order valence-corrected chi connectivity index (χ0v) is 26.6. The first-order chi connectivity index (χ1) is 17.1. The molecule has 0 radical (unpaired) electrons. The van der Waals surface area contributed by atoms with Crippen LogP contribution in [0.2, 0.25) is 0 Å². The fourth-order valence-corrected chi connectivity index (χ4v) is 5.21. The van der Waals surface area contributed by atoms with E-state index in [4.69, 9.17) is 17.8 Å². The molecule has 0 saturated heterocycles. The van der Waals surface area contributed by atoms with E-state index in [9.17, 15) is 25.9 Å². The molecular weight excluding hydrogens is 558 g/mol. The Balaban J connectivity index is 0.00000253. The second-order valence-corrected chi connectivity index (χ2v) is 10.0. The summed E-state index contributed by atoms with van der Waals surface area (Å²) in [5.41, 5.74) is 1.22. The van der Waals surface area contributed by atoms with Crippen LogP contribution in [0, 0.1) is 0 Å². The Labute approximate surface area is 265 Å². The van der Waals surface area contributed by atoms with Crippen molar-refractivity contribution in [2.45, 2.75) is 31.0 Å². The third-order valence-corrected chi connectivity index (χ3v) is 6.61. The Kier molecular flexibility index (Phi) is 12.6. The molecule has 0 saturated carbocycles. The molecule has 0 spiro atoms. The number of ether oxygens (including phenoxy) is 2. The monoisotopic (exact) mass is 580 g/mol. The molecule has 3 aromatic carbocycles. The van der Waals surface area contributed by atoms with Crippen LogP contribution in [0.5, 0.6) is 0 Å². The van der Waals surface area contributed by atoms with Crippen molar-refractivity contribution in [3.8, 4) is 0 Å². The summed E-state index contributed by atoms with van der Waals surface area (Å²) < 4.78 is 91.3. The third kappa shape index (κ3) is 8.66. The molecule has 0 amide bonds. The standard InChI is InChI=1S/C24H24O10S2.2Na/c1-31-21-14-20(19-13-7-11-17-10-5-6-12-18(17)19)22(33-35(25,26)27)24(34-36(28,29)30)23(21)32-15-16-8-3-2-4-9-16;;/h2-14,21-24H,15H2,1H3,(H,25,26,27)(H,28,29,30);;/q;2*+1/p-2/t21-,22+,23+,24+;;/m0../s1. The SMILES string of the molecule is CO[C@H]1C=C(c2cccc3ccccc23)[C@@H](OS(=O)(=O)[O-])[C@@H](OS(=O)(=O)[O-])[C@@H]1OCc1ccccc1.[Na+].[Na+]. The first kappa shape index (κ1) is 33.5. The maximum atomic E-state index is 11.7. The van der Waals surface area contributed by atoms with E-state index in [0.717, 1.165) is 5.39 Å². The van der Waals surface area contributed by atoms with Gasteiger partial charge in [-0.2, -0.15) is 0 Å². The number of rotatable bonds is 9. The van der Waals surface area contributed by atoms with Gasteiger partial charge in [0.15, 0.2) is 0 Å². The van der Waals surface area contributed by atoms with E-state index in [2.05, 4.69) is 0 Å². The largest absolute Gasteiger partial charge is 1.00 e. The number of benzene rings is 3. The van der Waals surface area contributed by atoms with Gasteiger partial charge in [0.2, 0.25) is 20.8 Å². The van der Waals surface area contributed by atoms with Crippen molar-refractivity contribution in [1.29, 1.82) is 0 Å². The van der Waals surface area contributed by atoms with Crippen molar-refractivity contribution < 1.29 is 103 Å². The zero-order valence-electron chi connectivity index (χ0n) is 20.9. The molecule has 4 rings (SSSR count). The van der Waals surface area contributed by atoms with Crippen LogP contribution in [-0.4, -0.2) is 57.5 Å². The Morgan fingerprint density at radius 3 is 2.00 bits per heavy atom. The van der Waals surface area contributed by atoms with Crippen LogP contribution in [0.15, 0.2) is 78.9 Å². The van der Waals surface area contributed by atoms with Crippen LogP contribution in [0.3, 0.4) is 0 Å². The van der Waals surface area contributed by atoms with Gasteiger partial charge in [0, 0.05) is 7.11 Å². The van der Waals surface area contributed by atoms with E-state index in [-0.39, 0.29) is 71.3 Å². The summed E-state index contributed by atoms with van der Waals surface area (Å²) in [5.74, 6) is 0. The van der Waals surface area contributed by atoms with Crippen molar-refractivity contribution in [3.05, 3.63) is 90.0 Å². The van der Waals surface area contributed by atoms with Crippen molar-refractivity contribution in [1.82, 2.24) is 0 Å². The van der Waals surface area contributed by atoms with Crippen LogP contribution in [0.25, 0.3) is 16.3 Å². The van der Waals surface area contributed by atoms with Gasteiger partial charge in [-0.25, -0.2) is 16.8 Å². The molecule has 0 aliphatic heterocycles. The van der Waals surface area contributed by atoms with Gasteiger partial charge in [0.05, 0.1) is 6.61 Å². The Hall–Kier alpha value is -0.680. The van der Waals surface area contributed by atoms with Crippen LogP contribution in [0.4, 0.5) is 0 Å².